The largest absolute Gasteiger partial charge is 0.367 e. The van der Waals surface area contributed by atoms with Gasteiger partial charge in [-0.2, -0.15) is 0 Å². The number of carbonyl (C=O) groups is 1. The lowest BCUT2D eigenvalue weighted by Gasteiger charge is -2.38. The maximum Gasteiger partial charge on any atom is 0.236 e. The van der Waals surface area contributed by atoms with Gasteiger partial charge in [0, 0.05) is 64.8 Å². The van der Waals surface area contributed by atoms with Gasteiger partial charge < -0.3 is 14.7 Å². The zero-order valence-corrected chi connectivity index (χ0v) is 15.9. The van der Waals surface area contributed by atoms with Crippen molar-refractivity contribution in [3.8, 4) is 0 Å². The second-order valence-corrected chi connectivity index (χ2v) is 7.13. The predicted molar refractivity (Wildman–Crippen MR) is 106 cm³/mol. The first-order chi connectivity index (χ1) is 13.7. The summed E-state index contributed by atoms with van der Waals surface area (Å²) in [5, 5.41) is 0. The number of benzene rings is 1. The molecule has 1 aromatic carbocycles. The van der Waals surface area contributed by atoms with E-state index in [9.17, 15) is 9.18 Å². The van der Waals surface area contributed by atoms with Gasteiger partial charge in [0.05, 0.1) is 12.2 Å². The number of nitrogens with zero attached hydrogens (tertiary/aromatic N) is 6. The number of amides is 1. The third kappa shape index (κ3) is 4.22. The smallest absolute Gasteiger partial charge is 0.236 e. The van der Waals surface area contributed by atoms with E-state index in [0.717, 1.165) is 45.2 Å². The summed E-state index contributed by atoms with van der Waals surface area (Å²) in [5.74, 6) is 0.694. The van der Waals surface area contributed by atoms with Gasteiger partial charge in [0.25, 0.3) is 0 Å². The molecule has 148 valence electrons. The number of carbonyl (C=O) groups excluding carboxylic acids is 1. The molecule has 1 aromatic heterocycles. The minimum absolute atomic E-state index is 0.160. The van der Waals surface area contributed by atoms with Crippen molar-refractivity contribution in [2.45, 2.75) is 0 Å². The summed E-state index contributed by atoms with van der Waals surface area (Å²) in [6, 6.07) is 8.67. The van der Waals surface area contributed by atoms with Crippen LogP contribution in [-0.4, -0.2) is 84.6 Å². The van der Waals surface area contributed by atoms with E-state index in [1.807, 2.05) is 17.0 Å². The summed E-state index contributed by atoms with van der Waals surface area (Å²) in [5.41, 5.74) is 0.646. The van der Waals surface area contributed by atoms with E-state index >= 15 is 0 Å². The highest BCUT2D eigenvalue weighted by Crippen LogP contribution is 2.20. The van der Waals surface area contributed by atoms with E-state index in [1.165, 1.54) is 6.07 Å². The van der Waals surface area contributed by atoms with Gasteiger partial charge >= 0.3 is 0 Å². The monoisotopic (exact) mass is 384 g/mol. The number of hydrogen-bond donors (Lipinski definition) is 0. The molecule has 3 heterocycles. The molecule has 4 rings (SSSR count). The second-order valence-electron chi connectivity index (χ2n) is 7.13. The molecule has 2 aliphatic rings. The van der Waals surface area contributed by atoms with Crippen LogP contribution in [-0.2, 0) is 4.79 Å². The van der Waals surface area contributed by atoms with E-state index in [0.29, 0.717) is 25.3 Å². The normalized spacial score (nSPS) is 18.4. The molecule has 0 radical (unpaired) electrons. The van der Waals surface area contributed by atoms with Gasteiger partial charge in [-0.3, -0.25) is 9.69 Å². The second kappa shape index (κ2) is 8.52. The molecule has 1 amide bonds. The van der Waals surface area contributed by atoms with Crippen molar-refractivity contribution in [3.63, 3.8) is 0 Å². The quantitative estimate of drug-likeness (QED) is 0.787. The Morgan fingerprint density at radius 3 is 2.18 bits per heavy atom. The molecule has 0 spiro atoms. The molecule has 0 atom stereocenters. The first kappa shape index (κ1) is 18.6. The van der Waals surface area contributed by atoms with Crippen LogP contribution < -0.4 is 9.80 Å². The van der Waals surface area contributed by atoms with Gasteiger partial charge in [0.15, 0.2) is 0 Å². The number of rotatable bonds is 4. The number of halogens is 1. The van der Waals surface area contributed by atoms with E-state index in [-0.39, 0.29) is 11.7 Å². The van der Waals surface area contributed by atoms with Crippen LogP contribution in [0.5, 0.6) is 0 Å². The minimum atomic E-state index is -0.188. The fourth-order valence-electron chi connectivity index (χ4n) is 3.76. The molecule has 2 aromatic rings. The molecule has 0 N–H and O–H groups in total. The van der Waals surface area contributed by atoms with Gasteiger partial charge in [-0.25, -0.2) is 14.4 Å². The van der Waals surface area contributed by atoms with Crippen LogP contribution in [0.1, 0.15) is 0 Å². The molecule has 28 heavy (non-hydrogen) atoms. The summed E-state index contributed by atoms with van der Waals surface area (Å²) >= 11 is 0. The van der Waals surface area contributed by atoms with E-state index in [1.54, 1.807) is 24.5 Å². The van der Waals surface area contributed by atoms with E-state index in [4.69, 9.17) is 0 Å². The Kier molecular flexibility index (Phi) is 5.66. The lowest BCUT2D eigenvalue weighted by Crippen LogP contribution is -2.54. The third-order valence-corrected chi connectivity index (χ3v) is 5.39. The summed E-state index contributed by atoms with van der Waals surface area (Å²) in [6.07, 6.45) is 3.47. The molecular weight excluding hydrogens is 359 g/mol. The predicted octanol–water partition coefficient (Wildman–Crippen LogP) is 1.09. The van der Waals surface area contributed by atoms with Crippen LogP contribution in [0.2, 0.25) is 0 Å². The van der Waals surface area contributed by atoms with Gasteiger partial charge in [-0.15, -0.1) is 0 Å². The molecule has 8 heteroatoms. The highest BCUT2D eigenvalue weighted by atomic mass is 19.1. The zero-order valence-electron chi connectivity index (χ0n) is 15.9. The number of piperazine rings is 2. The van der Waals surface area contributed by atoms with E-state index < -0.39 is 0 Å². The fourth-order valence-corrected chi connectivity index (χ4v) is 3.76. The van der Waals surface area contributed by atoms with Crippen LogP contribution in [0.25, 0.3) is 0 Å². The maximum atomic E-state index is 13.9. The topological polar surface area (TPSA) is 55.8 Å². The van der Waals surface area contributed by atoms with Crippen LogP contribution >= 0.6 is 0 Å². The first-order valence-corrected chi connectivity index (χ1v) is 9.72. The molecule has 2 fully saturated rings. The van der Waals surface area contributed by atoms with Gasteiger partial charge in [-0.1, -0.05) is 12.1 Å². The molecule has 0 unspecified atom stereocenters. The van der Waals surface area contributed by atoms with Crippen molar-refractivity contribution in [3.05, 3.63) is 48.5 Å². The molecule has 0 bridgehead atoms. The average molecular weight is 384 g/mol. The highest BCUT2D eigenvalue weighted by Gasteiger charge is 2.26. The van der Waals surface area contributed by atoms with Crippen LogP contribution in [0.3, 0.4) is 0 Å². The number of para-hydroxylation sites is 1. The number of hydrogen-bond acceptors (Lipinski definition) is 6. The fraction of sp³-hybridized carbons (Fsp3) is 0.450. The Bertz CT molecular complexity index is 788. The summed E-state index contributed by atoms with van der Waals surface area (Å²) in [4.78, 5) is 29.5. The molecule has 7 nitrogen and oxygen atoms in total. The Morgan fingerprint density at radius 1 is 0.857 bits per heavy atom. The van der Waals surface area contributed by atoms with Gasteiger partial charge in [0.2, 0.25) is 11.9 Å². The zero-order chi connectivity index (χ0) is 19.3. The molecular formula is C20H25FN6O. The molecule has 2 aliphatic heterocycles. The van der Waals surface area contributed by atoms with Crippen molar-refractivity contribution in [1.82, 2.24) is 19.8 Å². The standard InChI is InChI=1S/C20H25FN6O/c21-17-4-1-2-5-18(17)25-10-8-24(9-11-25)16-19(28)26-12-14-27(15-13-26)20-22-6-3-7-23-20/h1-7H,8-16H2. The Morgan fingerprint density at radius 2 is 1.50 bits per heavy atom. The van der Waals surface area contributed by atoms with Crippen molar-refractivity contribution in [1.29, 1.82) is 0 Å². The third-order valence-electron chi connectivity index (χ3n) is 5.39. The van der Waals surface area contributed by atoms with Gasteiger partial charge in [0.1, 0.15) is 5.82 Å². The first-order valence-electron chi connectivity index (χ1n) is 9.72. The van der Waals surface area contributed by atoms with Gasteiger partial charge in [-0.05, 0) is 18.2 Å². The molecule has 0 aliphatic carbocycles. The number of aromatic nitrogens is 2. The lowest BCUT2D eigenvalue weighted by atomic mass is 10.2. The summed E-state index contributed by atoms with van der Waals surface area (Å²) < 4.78 is 13.9. The van der Waals surface area contributed by atoms with Crippen molar-refractivity contribution < 1.29 is 9.18 Å². The minimum Gasteiger partial charge on any atom is -0.367 e. The Hall–Kier alpha value is -2.74. The number of anilines is 2. The molecule has 2 saturated heterocycles. The van der Waals surface area contributed by atoms with Crippen molar-refractivity contribution >= 4 is 17.5 Å². The lowest BCUT2D eigenvalue weighted by molar-refractivity contribution is -0.132. The van der Waals surface area contributed by atoms with Crippen LogP contribution in [0, 0.1) is 5.82 Å². The van der Waals surface area contributed by atoms with Crippen LogP contribution in [0.4, 0.5) is 16.0 Å². The average Bonchev–Trinajstić information content (AvgIpc) is 2.75. The van der Waals surface area contributed by atoms with E-state index in [2.05, 4.69) is 24.7 Å². The Labute approximate surface area is 164 Å². The van der Waals surface area contributed by atoms with Crippen LogP contribution in [0.15, 0.2) is 42.7 Å². The maximum absolute atomic E-state index is 13.9. The van der Waals surface area contributed by atoms with Crippen molar-refractivity contribution in [2.75, 3.05) is 68.7 Å². The Balaban J connectivity index is 1.24. The van der Waals surface area contributed by atoms with Crippen molar-refractivity contribution in [2.24, 2.45) is 0 Å². The summed E-state index contributed by atoms with van der Waals surface area (Å²) in [6.45, 7) is 6.27. The SMILES string of the molecule is O=C(CN1CCN(c2ccccc2F)CC1)N1CCN(c2ncccn2)CC1. The summed E-state index contributed by atoms with van der Waals surface area (Å²) in [7, 11) is 0. The highest BCUT2D eigenvalue weighted by molar-refractivity contribution is 5.78. The molecule has 0 saturated carbocycles.